The molecule has 2 N–H and O–H groups in total. The van der Waals surface area contributed by atoms with Gasteiger partial charge >= 0.3 is 0 Å². The summed E-state index contributed by atoms with van der Waals surface area (Å²) in [5.41, 5.74) is 5.92. The summed E-state index contributed by atoms with van der Waals surface area (Å²) in [6, 6.07) is 0. The van der Waals surface area contributed by atoms with Crippen LogP contribution in [0.5, 0.6) is 0 Å². The van der Waals surface area contributed by atoms with Gasteiger partial charge in [0.2, 0.25) is 0 Å². The number of piperidine rings is 1. The summed E-state index contributed by atoms with van der Waals surface area (Å²) in [4.78, 5) is 6.62. The third kappa shape index (κ3) is 3.78. The van der Waals surface area contributed by atoms with Crippen LogP contribution in [0, 0.1) is 0 Å². The van der Waals surface area contributed by atoms with Crippen LogP contribution >= 0.6 is 11.8 Å². The lowest BCUT2D eigenvalue weighted by molar-refractivity contribution is 0.338. The van der Waals surface area contributed by atoms with E-state index >= 15 is 0 Å². The molecule has 1 unspecified atom stereocenters. The van der Waals surface area contributed by atoms with Crippen LogP contribution in [0.4, 0.5) is 0 Å². The monoisotopic (exact) mass is 215 g/mol. The van der Waals surface area contributed by atoms with Crippen molar-refractivity contribution in [2.75, 3.05) is 25.9 Å². The van der Waals surface area contributed by atoms with Crippen LogP contribution in [0.2, 0.25) is 0 Å². The average Bonchev–Trinajstić information content (AvgIpc) is 2.26. The molecule has 1 atom stereocenters. The number of rotatable bonds is 3. The van der Waals surface area contributed by atoms with Crippen molar-refractivity contribution in [1.29, 1.82) is 0 Å². The Morgan fingerprint density at radius 2 is 2.07 bits per heavy atom. The Labute approximate surface area is 91.1 Å². The van der Waals surface area contributed by atoms with Crippen molar-refractivity contribution in [3.8, 4) is 0 Å². The molecule has 0 aromatic rings. The lowest BCUT2D eigenvalue weighted by Gasteiger charge is -2.27. The normalized spacial score (nSPS) is 21.0. The van der Waals surface area contributed by atoms with Crippen molar-refractivity contribution in [2.24, 2.45) is 10.7 Å². The second-order valence-electron chi connectivity index (χ2n) is 3.79. The van der Waals surface area contributed by atoms with E-state index in [2.05, 4.69) is 23.1 Å². The van der Waals surface area contributed by atoms with Crippen molar-refractivity contribution in [3.63, 3.8) is 0 Å². The van der Waals surface area contributed by atoms with E-state index in [0.717, 1.165) is 25.6 Å². The molecule has 0 aromatic heterocycles. The Kier molecular flexibility index (Phi) is 5.15. The lowest BCUT2D eigenvalue weighted by Crippen LogP contribution is -2.41. The van der Waals surface area contributed by atoms with E-state index in [1.165, 1.54) is 19.3 Å². The van der Waals surface area contributed by atoms with Crippen molar-refractivity contribution in [3.05, 3.63) is 0 Å². The van der Waals surface area contributed by atoms with Crippen LogP contribution in [0.25, 0.3) is 0 Å². The molecule has 0 aliphatic carbocycles. The van der Waals surface area contributed by atoms with E-state index in [1.807, 2.05) is 11.8 Å². The maximum atomic E-state index is 5.92. The van der Waals surface area contributed by atoms with Gasteiger partial charge < -0.3 is 10.6 Å². The van der Waals surface area contributed by atoms with Gasteiger partial charge in [-0.1, -0.05) is 6.92 Å². The molecule has 0 radical (unpaired) electrons. The molecular weight excluding hydrogens is 194 g/mol. The number of thioether (sulfide) groups is 1. The van der Waals surface area contributed by atoms with Crippen molar-refractivity contribution in [1.82, 2.24) is 4.90 Å². The molecule has 1 rings (SSSR count). The number of nitrogens with zero attached hydrogens (tertiary/aromatic N) is 2. The molecule has 82 valence electrons. The predicted octanol–water partition coefficient (Wildman–Crippen LogP) is 1.54. The molecule has 0 bridgehead atoms. The summed E-state index contributed by atoms with van der Waals surface area (Å²) in [6.07, 6.45) is 5.96. The molecule has 1 fully saturated rings. The van der Waals surface area contributed by atoms with Gasteiger partial charge in [0.1, 0.15) is 0 Å². The zero-order valence-corrected chi connectivity index (χ0v) is 10.0. The summed E-state index contributed by atoms with van der Waals surface area (Å²) in [7, 11) is 0. The van der Waals surface area contributed by atoms with Crippen LogP contribution in [0.1, 0.15) is 26.2 Å². The summed E-state index contributed by atoms with van der Waals surface area (Å²) in [6.45, 7) is 5.19. The number of hydrogen-bond donors (Lipinski definition) is 1. The molecule has 3 nitrogen and oxygen atoms in total. The van der Waals surface area contributed by atoms with E-state index in [-0.39, 0.29) is 0 Å². The second-order valence-corrected chi connectivity index (χ2v) is 5.07. The van der Waals surface area contributed by atoms with Crippen LogP contribution in [-0.4, -0.2) is 42.0 Å². The van der Waals surface area contributed by atoms with Crippen LogP contribution in [0.3, 0.4) is 0 Å². The quantitative estimate of drug-likeness (QED) is 0.573. The number of nitrogens with two attached hydrogens (primary N) is 1. The first-order valence-corrected chi connectivity index (χ1v) is 6.60. The molecule has 1 saturated heterocycles. The molecule has 0 amide bonds. The van der Waals surface area contributed by atoms with E-state index in [4.69, 9.17) is 5.73 Å². The lowest BCUT2D eigenvalue weighted by atomic mass is 10.1. The van der Waals surface area contributed by atoms with Crippen molar-refractivity contribution >= 4 is 17.7 Å². The van der Waals surface area contributed by atoms with Gasteiger partial charge in [-0.25, -0.2) is 0 Å². The highest BCUT2D eigenvalue weighted by atomic mass is 32.2. The molecule has 0 aromatic carbocycles. The molecule has 1 heterocycles. The van der Waals surface area contributed by atoms with Gasteiger partial charge in [0.25, 0.3) is 0 Å². The van der Waals surface area contributed by atoms with Crippen LogP contribution in [0.15, 0.2) is 4.99 Å². The molecule has 14 heavy (non-hydrogen) atoms. The van der Waals surface area contributed by atoms with E-state index in [0.29, 0.717) is 5.25 Å². The largest absolute Gasteiger partial charge is 0.370 e. The van der Waals surface area contributed by atoms with Crippen LogP contribution < -0.4 is 5.73 Å². The average molecular weight is 215 g/mol. The molecule has 0 saturated carbocycles. The fraction of sp³-hybridized carbons (Fsp3) is 0.900. The van der Waals surface area contributed by atoms with Crippen molar-refractivity contribution in [2.45, 2.75) is 31.4 Å². The van der Waals surface area contributed by atoms with E-state index in [9.17, 15) is 0 Å². The Bertz CT molecular complexity index is 188. The predicted molar refractivity (Wildman–Crippen MR) is 64.9 cm³/mol. The highest BCUT2D eigenvalue weighted by Gasteiger charge is 2.11. The minimum Gasteiger partial charge on any atom is -0.370 e. The molecule has 1 aliphatic rings. The van der Waals surface area contributed by atoms with Gasteiger partial charge in [-0.3, -0.25) is 4.99 Å². The van der Waals surface area contributed by atoms with Gasteiger partial charge in [0.15, 0.2) is 5.96 Å². The summed E-state index contributed by atoms with van der Waals surface area (Å²) in [5.74, 6) is 0.741. The van der Waals surface area contributed by atoms with Crippen LogP contribution in [-0.2, 0) is 0 Å². The number of hydrogen-bond acceptors (Lipinski definition) is 2. The third-order valence-corrected chi connectivity index (χ3v) is 3.55. The minimum atomic E-state index is 0.568. The Morgan fingerprint density at radius 3 is 2.64 bits per heavy atom. The fourth-order valence-electron chi connectivity index (χ4n) is 1.52. The van der Waals surface area contributed by atoms with Gasteiger partial charge in [-0.2, -0.15) is 11.8 Å². The Morgan fingerprint density at radius 1 is 1.43 bits per heavy atom. The van der Waals surface area contributed by atoms with Gasteiger partial charge in [0, 0.05) is 18.3 Å². The molecule has 4 heteroatoms. The smallest absolute Gasteiger partial charge is 0.191 e. The number of guanidine groups is 1. The topological polar surface area (TPSA) is 41.6 Å². The minimum absolute atomic E-state index is 0.568. The molecule has 0 spiro atoms. The first-order valence-electron chi connectivity index (χ1n) is 5.31. The fourth-order valence-corrected chi connectivity index (χ4v) is 1.74. The van der Waals surface area contributed by atoms with Gasteiger partial charge in [0.05, 0.1) is 6.54 Å². The Balaban J connectivity index is 2.34. The maximum absolute atomic E-state index is 5.92. The zero-order chi connectivity index (χ0) is 10.4. The van der Waals surface area contributed by atoms with E-state index in [1.54, 1.807) is 0 Å². The molecule has 1 aliphatic heterocycles. The zero-order valence-electron chi connectivity index (χ0n) is 9.20. The number of aliphatic imine (C=N–C) groups is 1. The Hall–Kier alpha value is -0.380. The molecular formula is C10H21N3S. The third-order valence-electron chi connectivity index (χ3n) is 2.59. The van der Waals surface area contributed by atoms with Gasteiger partial charge in [-0.15, -0.1) is 0 Å². The first kappa shape index (κ1) is 11.7. The first-order chi connectivity index (χ1) is 6.74. The van der Waals surface area contributed by atoms with Crippen molar-refractivity contribution < 1.29 is 0 Å². The summed E-state index contributed by atoms with van der Waals surface area (Å²) in [5, 5.41) is 0.568. The van der Waals surface area contributed by atoms with Gasteiger partial charge in [-0.05, 0) is 25.5 Å². The van der Waals surface area contributed by atoms with E-state index < -0.39 is 0 Å². The highest BCUT2D eigenvalue weighted by Crippen LogP contribution is 2.09. The SMILES string of the molecule is CSC(C)CN=C(N)N1CCCCC1. The summed E-state index contributed by atoms with van der Waals surface area (Å²) >= 11 is 1.83. The maximum Gasteiger partial charge on any atom is 0.191 e. The number of likely N-dealkylation sites (tertiary alicyclic amines) is 1. The standard InChI is InChI=1S/C10H21N3S/c1-9(14-2)8-12-10(11)13-6-4-3-5-7-13/h9H,3-8H2,1-2H3,(H2,11,12). The highest BCUT2D eigenvalue weighted by molar-refractivity contribution is 7.99. The summed E-state index contributed by atoms with van der Waals surface area (Å²) < 4.78 is 0. The second kappa shape index (κ2) is 6.17.